The number of rotatable bonds is 9. The summed E-state index contributed by atoms with van der Waals surface area (Å²) in [5, 5.41) is 8.62. The van der Waals surface area contributed by atoms with E-state index in [2.05, 4.69) is 6.07 Å². The molecule has 0 fully saturated rings. The van der Waals surface area contributed by atoms with Crippen LogP contribution < -0.4 is 0 Å². The van der Waals surface area contributed by atoms with Crippen molar-refractivity contribution in [2.45, 2.75) is 58.3 Å². The van der Waals surface area contributed by atoms with Crippen molar-refractivity contribution in [2.75, 3.05) is 6.61 Å². The second-order valence-corrected chi connectivity index (χ2v) is 4.46. The first kappa shape index (κ1) is 13.3. The van der Waals surface area contributed by atoms with Crippen LogP contribution in [0.1, 0.15) is 56.5 Å². The Hall–Kier alpha value is -0.760. The summed E-state index contributed by atoms with van der Waals surface area (Å²) in [5.41, 5.74) is 0. The van der Waals surface area contributed by atoms with Crippen LogP contribution in [0, 0.1) is 6.92 Å². The summed E-state index contributed by atoms with van der Waals surface area (Å²) in [6.45, 7) is 2.34. The molecule has 0 bridgehead atoms. The summed E-state index contributed by atoms with van der Waals surface area (Å²) in [6.07, 6.45) is 9.61. The molecule has 0 atom stereocenters. The number of aryl methyl sites for hydroxylation is 2. The second-order valence-electron chi connectivity index (χ2n) is 4.46. The third kappa shape index (κ3) is 5.96. The van der Waals surface area contributed by atoms with Gasteiger partial charge < -0.3 is 9.52 Å². The lowest BCUT2D eigenvalue weighted by atomic mass is 10.1. The Morgan fingerprint density at radius 3 is 2.12 bits per heavy atom. The van der Waals surface area contributed by atoms with Gasteiger partial charge in [0, 0.05) is 13.0 Å². The third-order valence-electron chi connectivity index (χ3n) is 2.88. The van der Waals surface area contributed by atoms with Crippen LogP contribution in [-0.4, -0.2) is 11.7 Å². The monoisotopic (exact) mass is 224 g/mol. The Morgan fingerprint density at radius 2 is 1.56 bits per heavy atom. The normalized spacial score (nSPS) is 10.9. The molecule has 0 aliphatic heterocycles. The minimum absolute atomic E-state index is 0.345. The zero-order valence-corrected chi connectivity index (χ0v) is 10.4. The molecule has 1 aromatic rings. The number of aliphatic hydroxyl groups excluding tert-OH is 1. The average molecular weight is 224 g/mol. The second kappa shape index (κ2) is 8.40. The molecule has 92 valence electrons. The summed E-state index contributed by atoms with van der Waals surface area (Å²) < 4.78 is 5.52. The van der Waals surface area contributed by atoms with Crippen molar-refractivity contribution in [1.82, 2.24) is 0 Å². The van der Waals surface area contributed by atoms with E-state index in [4.69, 9.17) is 9.52 Å². The van der Waals surface area contributed by atoms with E-state index in [9.17, 15) is 0 Å². The molecular weight excluding hydrogens is 200 g/mol. The van der Waals surface area contributed by atoms with Crippen LogP contribution in [0.15, 0.2) is 16.5 Å². The fraction of sp³-hybridized carbons (Fsp3) is 0.714. The van der Waals surface area contributed by atoms with Gasteiger partial charge in [-0.15, -0.1) is 0 Å². The number of unbranched alkanes of at least 4 members (excludes halogenated alkanes) is 6. The molecule has 1 aromatic heterocycles. The minimum atomic E-state index is 0.345. The van der Waals surface area contributed by atoms with Crippen LogP contribution in [-0.2, 0) is 6.42 Å². The maximum atomic E-state index is 8.62. The van der Waals surface area contributed by atoms with Gasteiger partial charge in [0.25, 0.3) is 0 Å². The van der Waals surface area contributed by atoms with Crippen molar-refractivity contribution < 1.29 is 9.52 Å². The van der Waals surface area contributed by atoms with Gasteiger partial charge in [0.2, 0.25) is 0 Å². The average Bonchev–Trinajstić information content (AvgIpc) is 2.68. The van der Waals surface area contributed by atoms with Crippen LogP contribution >= 0.6 is 0 Å². The van der Waals surface area contributed by atoms with E-state index in [1.54, 1.807) is 0 Å². The summed E-state index contributed by atoms with van der Waals surface area (Å²) >= 11 is 0. The van der Waals surface area contributed by atoms with Gasteiger partial charge in [-0.3, -0.25) is 0 Å². The zero-order chi connectivity index (χ0) is 11.6. The lowest BCUT2D eigenvalue weighted by Gasteiger charge is -2.00. The Morgan fingerprint density at radius 1 is 0.938 bits per heavy atom. The molecule has 2 heteroatoms. The van der Waals surface area contributed by atoms with E-state index < -0.39 is 0 Å². The summed E-state index contributed by atoms with van der Waals surface area (Å²) in [5.74, 6) is 2.14. The Bertz CT molecular complexity index is 265. The number of aliphatic hydroxyl groups is 1. The van der Waals surface area contributed by atoms with Gasteiger partial charge in [0.1, 0.15) is 11.5 Å². The highest BCUT2D eigenvalue weighted by Crippen LogP contribution is 2.12. The van der Waals surface area contributed by atoms with Gasteiger partial charge in [0.15, 0.2) is 0 Å². The molecule has 0 aromatic carbocycles. The van der Waals surface area contributed by atoms with Crippen LogP contribution in [0.2, 0.25) is 0 Å². The highest BCUT2D eigenvalue weighted by molar-refractivity contribution is 5.05. The molecule has 1 N–H and O–H groups in total. The minimum Gasteiger partial charge on any atom is -0.466 e. The Labute approximate surface area is 98.7 Å². The summed E-state index contributed by atoms with van der Waals surface area (Å²) in [7, 11) is 0. The van der Waals surface area contributed by atoms with Gasteiger partial charge in [0.05, 0.1) is 0 Å². The molecule has 0 saturated carbocycles. The predicted octanol–water partition coefficient (Wildman–Crippen LogP) is 3.85. The summed E-state index contributed by atoms with van der Waals surface area (Å²) in [6, 6.07) is 4.11. The SMILES string of the molecule is Cc1ccc(CCCCCCCCCO)o1. The van der Waals surface area contributed by atoms with E-state index >= 15 is 0 Å². The van der Waals surface area contributed by atoms with Crippen molar-refractivity contribution in [3.8, 4) is 0 Å². The largest absolute Gasteiger partial charge is 0.466 e. The first-order valence-electron chi connectivity index (χ1n) is 6.49. The fourth-order valence-corrected chi connectivity index (χ4v) is 1.91. The molecule has 1 rings (SSSR count). The molecule has 0 spiro atoms. The lowest BCUT2D eigenvalue weighted by molar-refractivity contribution is 0.282. The van der Waals surface area contributed by atoms with Crippen LogP contribution in [0.5, 0.6) is 0 Å². The number of hydrogen-bond acceptors (Lipinski definition) is 2. The van der Waals surface area contributed by atoms with Crippen molar-refractivity contribution in [1.29, 1.82) is 0 Å². The van der Waals surface area contributed by atoms with Crippen molar-refractivity contribution in [3.05, 3.63) is 23.7 Å². The van der Waals surface area contributed by atoms with Gasteiger partial charge in [-0.1, -0.05) is 32.1 Å². The smallest absolute Gasteiger partial charge is 0.104 e. The molecule has 0 radical (unpaired) electrons. The van der Waals surface area contributed by atoms with Crippen molar-refractivity contribution >= 4 is 0 Å². The Balaban J connectivity index is 1.88. The van der Waals surface area contributed by atoms with E-state index in [1.165, 1.54) is 38.5 Å². The first-order chi connectivity index (χ1) is 7.83. The van der Waals surface area contributed by atoms with Crippen LogP contribution in [0.4, 0.5) is 0 Å². The van der Waals surface area contributed by atoms with E-state index in [0.717, 1.165) is 24.4 Å². The first-order valence-corrected chi connectivity index (χ1v) is 6.49. The van der Waals surface area contributed by atoms with E-state index in [0.29, 0.717) is 6.61 Å². The van der Waals surface area contributed by atoms with Crippen LogP contribution in [0.25, 0.3) is 0 Å². The maximum absolute atomic E-state index is 8.62. The molecule has 16 heavy (non-hydrogen) atoms. The van der Waals surface area contributed by atoms with Gasteiger partial charge in [-0.25, -0.2) is 0 Å². The van der Waals surface area contributed by atoms with Crippen molar-refractivity contribution in [3.63, 3.8) is 0 Å². The number of furan rings is 1. The van der Waals surface area contributed by atoms with Crippen molar-refractivity contribution in [2.24, 2.45) is 0 Å². The van der Waals surface area contributed by atoms with Crippen LogP contribution in [0.3, 0.4) is 0 Å². The molecule has 2 nitrogen and oxygen atoms in total. The molecule has 0 aliphatic carbocycles. The molecule has 0 saturated heterocycles. The van der Waals surface area contributed by atoms with E-state index in [1.807, 2.05) is 13.0 Å². The van der Waals surface area contributed by atoms with E-state index in [-0.39, 0.29) is 0 Å². The predicted molar refractivity (Wildman–Crippen MR) is 66.6 cm³/mol. The topological polar surface area (TPSA) is 33.4 Å². The highest BCUT2D eigenvalue weighted by atomic mass is 16.3. The zero-order valence-electron chi connectivity index (χ0n) is 10.4. The van der Waals surface area contributed by atoms with Gasteiger partial charge >= 0.3 is 0 Å². The Kier molecular flexibility index (Phi) is 6.98. The molecule has 0 unspecified atom stereocenters. The highest BCUT2D eigenvalue weighted by Gasteiger charge is 1.98. The number of hydrogen-bond donors (Lipinski definition) is 1. The molecular formula is C14H24O2. The van der Waals surface area contributed by atoms with Gasteiger partial charge in [-0.05, 0) is 31.9 Å². The maximum Gasteiger partial charge on any atom is 0.104 e. The molecule has 0 aliphatic rings. The van der Waals surface area contributed by atoms with Gasteiger partial charge in [-0.2, -0.15) is 0 Å². The molecule has 0 amide bonds. The molecule has 1 heterocycles. The lowest BCUT2D eigenvalue weighted by Crippen LogP contribution is -1.85. The summed E-state index contributed by atoms with van der Waals surface area (Å²) in [4.78, 5) is 0. The quantitative estimate of drug-likeness (QED) is 0.646. The fourth-order valence-electron chi connectivity index (χ4n) is 1.91. The third-order valence-corrected chi connectivity index (χ3v) is 2.88. The standard InChI is InChI=1S/C14H24O2/c1-13-10-11-14(16-13)9-7-5-3-2-4-6-8-12-15/h10-11,15H,2-9,12H2,1H3.